The molecule has 4 nitrogen and oxygen atoms in total. The number of hydrogen-bond donors (Lipinski definition) is 1. The van der Waals surface area contributed by atoms with Crippen LogP contribution in [0.4, 0.5) is 0 Å². The highest BCUT2D eigenvalue weighted by atomic mass is 32.2. The van der Waals surface area contributed by atoms with Gasteiger partial charge in [-0.3, -0.25) is 0 Å². The molecule has 1 heterocycles. The zero-order valence-electron chi connectivity index (χ0n) is 7.25. The number of primary sulfonamides is 1. The SMILES string of the molecule is CCC1(S(N)(=O)=O)CCOCC1. The summed E-state index contributed by atoms with van der Waals surface area (Å²) in [7, 11) is -3.42. The van der Waals surface area contributed by atoms with Gasteiger partial charge in [0, 0.05) is 13.2 Å². The van der Waals surface area contributed by atoms with Crippen LogP contribution < -0.4 is 5.14 Å². The van der Waals surface area contributed by atoms with E-state index in [0.29, 0.717) is 32.5 Å². The molecule has 0 unspecified atom stereocenters. The maximum absolute atomic E-state index is 11.3. The molecule has 0 aromatic rings. The van der Waals surface area contributed by atoms with Gasteiger partial charge in [-0.15, -0.1) is 0 Å². The van der Waals surface area contributed by atoms with E-state index in [1.54, 1.807) is 0 Å². The van der Waals surface area contributed by atoms with Crippen molar-refractivity contribution < 1.29 is 13.2 Å². The highest BCUT2D eigenvalue weighted by Crippen LogP contribution is 2.30. The largest absolute Gasteiger partial charge is 0.381 e. The first-order valence-corrected chi connectivity index (χ1v) is 5.66. The summed E-state index contributed by atoms with van der Waals surface area (Å²) in [4.78, 5) is 0. The average molecular weight is 193 g/mol. The lowest BCUT2D eigenvalue weighted by Gasteiger charge is -2.33. The van der Waals surface area contributed by atoms with Crippen LogP contribution in [-0.2, 0) is 14.8 Å². The Morgan fingerprint density at radius 2 is 1.92 bits per heavy atom. The van der Waals surface area contributed by atoms with Gasteiger partial charge >= 0.3 is 0 Å². The molecular weight excluding hydrogens is 178 g/mol. The fourth-order valence-corrected chi connectivity index (χ4v) is 2.72. The molecule has 1 rings (SSSR count). The summed E-state index contributed by atoms with van der Waals surface area (Å²) in [5, 5.41) is 5.17. The maximum Gasteiger partial charge on any atom is 0.215 e. The zero-order valence-corrected chi connectivity index (χ0v) is 8.06. The number of sulfonamides is 1. The minimum absolute atomic E-state index is 0.504. The molecule has 1 aliphatic heterocycles. The molecule has 1 fully saturated rings. The molecule has 0 amide bonds. The van der Waals surface area contributed by atoms with Crippen molar-refractivity contribution >= 4 is 10.0 Å². The average Bonchev–Trinajstić information content (AvgIpc) is 2.04. The Morgan fingerprint density at radius 3 is 2.17 bits per heavy atom. The first kappa shape index (κ1) is 9.95. The third-order valence-corrected chi connectivity index (χ3v) is 4.56. The van der Waals surface area contributed by atoms with Crippen LogP contribution in [0.3, 0.4) is 0 Å². The minimum Gasteiger partial charge on any atom is -0.381 e. The lowest BCUT2D eigenvalue weighted by molar-refractivity contribution is 0.0736. The number of hydrogen-bond acceptors (Lipinski definition) is 3. The van der Waals surface area contributed by atoms with Gasteiger partial charge in [0.2, 0.25) is 10.0 Å². The van der Waals surface area contributed by atoms with E-state index >= 15 is 0 Å². The van der Waals surface area contributed by atoms with Gasteiger partial charge in [0.15, 0.2) is 0 Å². The summed E-state index contributed by atoms with van der Waals surface area (Å²) in [5.41, 5.74) is 0. The molecular formula is C7H15NO3S. The van der Waals surface area contributed by atoms with Crippen LogP contribution in [0.15, 0.2) is 0 Å². The van der Waals surface area contributed by atoms with Crippen molar-refractivity contribution in [2.75, 3.05) is 13.2 Å². The molecule has 0 spiro atoms. The van der Waals surface area contributed by atoms with Gasteiger partial charge in [0.05, 0.1) is 4.75 Å². The van der Waals surface area contributed by atoms with Crippen LogP contribution in [0.25, 0.3) is 0 Å². The topological polar surface area (TPSA) is 69.4 Å². The lowest BCUT2D eigenvalue weighted by Crippen LogP contribution is -2.47. The minimum atomic E-state index is -3.42. The van der Waals surface area contributed by atoms with E-state index in [0.717, 1.165) is 0 Å². The summed E-state index contributed by atoms with van der Waals surface area (Å²) in [6.45, 7) is 2.87. The van der Waals surface area contributed by atoms with Gasteiger partial charge in [-0.25, -0.2) is 13.6 Å². The number of rotatable bonds is 2. The third-order valence-electron chi connectivity index (χ3n) is 2.65. The van der Waals surface area contributed by atoms with Gasteiger partial charge in [-0.2, -0.15) is 0 Å². The fourth-order valence-electron chi connectivity index (χ4n) is 1.58. The molecule has 0 aliphatic carbocycles. The van der Waals surface area contributed by atoms with Gasteiger partial charge in [0.1, 0.15) is 0 Å². The van der Waals surface area contributed by atoms with E-state index < -0.39 is 14.8 Å². The van der Waals surface area contributed by atoms with Crippen LogP contribution in [-0.4, -0.2) is 26.4 Å². The van der Waals surface area contributed by atoms with E-state index in [4.69, 9.17) is 9.88 Å². The van der Waals surface area contributed by atoms with Crippen LogP contribution in [0.1, 0.15) is 26.2 Å². The van der Waals surface area contributed by atoms with Crippen molar-refractivity contribution in [3.8, 4) is 0 Å². The van der Waals surface area contributed by atoms with Crippen molar-refractivity contribution in [3.63, 3.8) is 0 Å². The van der Waals surface area contributed by atoms with Crippen molar-refractivity contribution in [2.24, 2.45) is 5.14 Å². The van der Waals surface area contributed by atoms with E-state index in [2.05, 4.69) is 0 Å². The summed E-state index contributed by atoms with van der Waals surface area (Å²) >= 11 is 0. The first-order valence-electron chi connectivity index (χ1n) is 4.12. The molecule has 12 heavy (non-hydrogen) atoms. The molecule has 0 aromatic carbocycles. The molecule has 0 radical (unpaired) electrons. The van der Waals surface area contributed by atoms with Crippen molar-refractivity contribution in [1.82, 2.24) is 0 Å². The standard InChI is InChI=1S/C7H15NO3S/c1-2-7(12(8,9)10)3-5-11-6-4-7/h2-6H2,1H3,(H2,8,9,10). The summed E-state index contributed by atoms with van der Waals surface area (Å²) in [6.07, 6.45) is 1.64. The molecule has 0 saturated carbocycles. The van der Waals surface area contributed by atoms with E-state index in [9.17, 15) is 8.42 Å². The fraction of sp³-hybridized carbons (Fsp3) is 1.00. The van der Waals surface area contributed by atoms with Crippen LogP contribution in [0, 0.1) is 0 Å². The Hall–Kier alpha value is -0.130. The molecule has 0 atom stereocenters. The van der Waals surface area contributed by atoms with Crippen molar-refractivity contribution in [2.45, 2.75) is 30.9 Å². The Labute approximate surface area is 73.1 Å². The molecule has 5 heteroatoms. The second-order valence-electron chi connectivity index (χ2n) is 3.19. The van der Waals surface area contributed by atoms with Gasteiger partial charge in [0.25, 0.3) is 0 Å². The maximum atomic E-state index is 11.3. The molecule has 1 saturated heterocycles. The summed E-state index contributed by atoms with van der Waals surface area (Å²) in [5.74, 6) is 0. The molecule has 0 bridgehead atoms. The Morgan fingerprint density at radius 1 is 1.42 bits per heavy atom. The normalized spacial score (nSPS) is 23.8. The summed E-state index contributed by atoms with van der Waals surface area (Å²) in [6, 6.07) is 0. The predicted octanol–water partition coefficient (Wildman–Crippen LogP) is 0.234. The smallest absolute Gasteiger partial charge is 0.215 e. The first-order chi connectivity index (χ1) is 5.52. The zero-order chi connectivity index (χ0) is 9.24. The third kappa shape index (κ3) is 1.62. The molecule has 1 aliphatic rings. The quantitative estimate of drug-likeness (QED) is 0.682. The second kappa shape index (κ2) is 3.32. The number of ether oxygens (including phenoxy) is 1. The molecule has 0 aromatic heterocycles. The van der Waals surface area contributed by atoms with E-state index in [1.807, 2.05) is 6.92 Å². The Balaban J connectivity index is 2.88. The Bertz CT molecular complexity index is 241. The van der Waals surface area contributed by atoms with Gasteiger partial charge < -0.3 is 4.74 Å². The van der Waals surface area contributed by atoms with Crippen molar-refractivity contribution in [1.29, 1.82) is 0 Å². The monoisotopic (exact) mass is 193 g/mol. The van der Waals surface area contributed by atoms with E-state index in [1.165, 1.54) is 0 Å². The number of nitrogens with two attached hydrogens (primary N) is 1. The Kier molecular flexibility index (Phi) is 2.75. The highest BCUT2D eigenvalue weighted by Gasteiger charge is 2.41. The van der Waals surface area contributed by atoms with Crippen LogP contribution in [0.5, 0.6) is 0 Å². The lowest BCUT2D eigenvalue weighted by atomic mass is 9.96. The predicted molar refractivity (Wildman–Crippen MR) is 46.2 cm³/mol. The van der Waals surface area contributed by atoms with Crippen molar-refractivity contribution in [3.05, 3.63) is 0 Å². The molecule has 2 N–H and O–H groups in total. The summed E-state index contributed by atoms with van der Waals surface area (Å²) < 4.78 is 26.9. The molecule has 72 valence electrons. The van der Waals surface area contributed by atoms with E-state index in [-0.39, 0.29) is 0 Å². The van der Waals surface area contributed by atoms with Crippen LogP contribution >= 0.6 is 0 Å². The van der Waals surface area contributed by atoms with Gasteiger partial charge in [-0.1, -0.05) is 6.92 Å². The van der Waals surface area contributed by atoms with Gasteiger partial charge in [-0.05, 0) is 19.3 Å². The highest BCUT2D eigenvalue weighted by molar-refractivity contribution is 7.90. The van der Waals surface area contributed by atoms with Crippen LogP contribution in [0.2, 0.25) is 0 Å². The second-order valence-corrected chi connectivity index (χ2v) is 5.15.